The van der Waals surface area contributed by atoms with Crippen molar-refractivity contribution in [3.63, 3.8) is 0 Å². The van der Waals surface area contributed by atoms with Crippen LogP contribution in [0.1, 0.15) is 13.8 Å². The number of benzene rings is 1. The van der Waals surface area contributed by atoms with Crippen LogP contribution in [-0.4, -0.2) is 24.3 Å². The lowest BCUT2D eigenvalue weighted by atomic mass is 9.95. The zero-order valence-corrected chi connectivity index (χ0v) is 10.7. The number of nitrogens with one attached hydrogen (secondary N) is 2. The Kier molecular flexibility index (Phi) is 4.78. The number of rotatable bonds is 4. The van der Waals surface area contributed by atoms with E-state index in [1.165, 1.54) is 0 Å². The summed E-state index contributed by atoms with van der Waals surface area (Å²) in [7, 11) is 0. The zero-order chi connectivity index (χ0) is 12.9. The van der Waals surface area contributed by atoms with E-state index in [1.807, 2.05) is 13.8 Å². The summed E-state index contributed by atoms with van der Waals surface area (Å²) in [6.07, 6.45) is 0. The van der Waals surface area contributed by atoms with Gasteiger partial charge < -0.3 is 15.7 Å². The summed E-state index contributed by atoms with van der Waals surface area (Å²) in [6.45, 7) is 4.15. The van der Waals surface area contributed by atoms with Crippen molar-refractivity contribution in [2.24, 2.45) is 5.41 Å². The van der Waals surface area contributed by atoms with Gasteiger partial charge in [-0.15, -0.1) is 0 Å². The van der Waals surface area contributed by atoms with E-state index in [2.05, 4.69) is 10.6 Å². The van der Waals surface area contributed by atoms with Crippen LogP contribution < -0.4 is 10.6 Å². The number of halogens is 1. The molecular weight excluding hydrogens is 240 g/mol. The third-order valence-corrected chi connectivity index (χ3v) is 2.47. The summed E-state index contributed by atoms with van der Waals surface area (Å²) in [4.78, 5) is 11.5. The van der Waals surface area contributed by atoms with E-state index in [1.54, 1.807) is 24.3 Å². The molecular formula is C12H17ClN2O2. The fraction of sp³-hybridized carbons (Fsp3) is 0.417. The van der Waals surface area contributed by atoms with Gasteiger partial charge in [-0.1, -0.05) is 31.5 Å². The van der Waals surface area contributed by atoms with Crippen molar-refractivity contribution >= 4 is 23.3 Å². The molecule has 0 bridgehead atoms. The van der Waals surface area contributed by atoms with Gasteiger partial charge in [0.05, 0.1) is 0 Å². The normalized spacial score (nSPS) is 11.1. The van der Waals surface area contributed by atoms with Gasteiger partial charge in [-0.2, -0.15) is 0 Å². The zero-order valence-electron chi connectivity index (χ0n) is 9.96. The molecule has 4 nitrogen and oxygen atoms in total. The molecule has 1 aromatic rings. The molecule has 1 aromatic carbocycles. The minimum Gasteiger partial charge on any atom is -0.396 e. The van der Waals surface area contributed by atoms with Crippen LogP contribution in [-0.2, 0) is 0 Å². The van der Waals surface area contributed by atoms with E-state index in [0.717, 1.165) is 0 Å². The maximum atomic E-state index is 11.5. The summed E-state index contributed by atoms with van der Waals surface area (Å²) in [5, 5.41) is 15.0. The number of hydrogen-bond acceptors (Lipinski definition) is 2. The molecule has 0 aliphatic carbocycles. The van der Waals surface area contributed by atoms with E-state index in [-0.39, 0.29) is 18.1 Å². The fourth-order valence-electron chi connectivity index (χ4n) is 1.12. The molecule has 0 radical (unpaired) electrons. The quantitative estimate of drug-likeness (QED) is 0.775. The van der Waals surface area contributed by atoms with Gasteiger partial charge in [0.2, 0.25) is 0 Å². The van der Waals surface area contributed by atoms with Gasteiger partial charge in [-0.3, -0.25) is 0 Å². The van der Waals surface area contributed by atoms with E-state index in [9.17, 15) is 4.79 Å². The Balaban J connectivity index is 2.45. The molecule has 0 aromatic heterocycles. The van der Waals surface area contributed by atoms with E-state index >= 15 is 0 Å². The molecule has 0 fully saturated rings. The number of amides is 2. The molecule has 0 unspecified atom stereocenters. The second kappa shape index (κ2) is 5.89. The summed E-state index contributed by atoms with van der Waals surface area (Å²) >= 11 is 5.80. The van der Waals surface area contributed by atoms with Crippen molar-refractivity contribution in [1.29, 1.82) is 0 Å². The monoisotopic (exact) mass is 256 g/mol. The number of anilines is 1. The molecule has 0 aliphatic heterocycles. The molecule has 0 spiro atoms. The SMILES string of the molecule is CC(C)(CO)CNC(=O)Nc1cccc(Cl)c1. The van der Waals surface area contributed by atoms with Crippen LogP contribution in [0.2, 0.25) is 5.02 Å². The van der Waals surface area contributed by atoms with Crippen LogP contribution in [0.3, 0.4) is 0 Å². The van der Waals surface area contributed by atoms with Crippen LogP contribution in [0, 0.1) is 5.41 Å². The Bertz CT molecular complexity index is 394. The molecule has 2 amide bonds. The average molecular weight is 257 g/mol. The highest BCUT2D eigenvalue weighted by atomic mass is 35.5. The van der Waals surface area contributed by atoms with Crippen molar-refractivity contribution in [3.05, 3.63) is 29.3 Å². The first-order chi connectivity index (χ1) is 7.93. The first kappa shape index (κ1) is 13.8. The van der Waals surface area contributed by atoms with Gasteiger partial charge >= 0.3 is 6.03 Å². The van der Waals surface area contributed by atoms with E-state index < -0.39 is 0 Å². The Morgan fingerprint density at radius 3 is 2.76 bits per heavy atom. The summed E-state index contributed by atoms with van der Waals surface area (Å²) in [5.41, 5.74) is 0.308. The van der Waals surface area contributed by atoms with Gasteiger partial charge in [0.1, 0.15) is 0 Å². The van der Waals surface area contributed by atoms with E-state index in [4.69, 9.17) is 16.7 Å². The Hall–Kier alpha value is -1.26. The molecule has 0 heterocycles. The molecule has 3 N–H and O–H groups in total. The lowest BCUT2D eigenvalue weighted by molar-refractivity contribution is 0.158. The topological polar surface area (TPSA) is 61.4 Å². The maximum Gasteiger partial charge on any atom is 0.319 e. The smallest absolute Gasteiger partial charge is 0.319 e. The summed E-state index contributed by atoms with van der Waals surface area (Å²) in [6, 6.07) is 6.60. The second-order valence-electron chi connectivity index (χ2n) is 4.64. The minimum absolute atomic E-state index is 0.0183. The number of aliphatic hydroxyl groups is 1. The fourth-order valence-corrected chi connectivity index (χ4v) is 1.31. The highest BCUT2D eigenvalue weighted by Gasteiger charge is 2.17. The van der Waals surface area contributed by atoms with Crippen molar-refractivity contribution in [2.75, 3.05) is 18.5 Å². The molecule has 0 saturated heterocycles. The third-order valence-electron chi connectivity index (χ3n) is 2.24. The van der Waals surface area contributed by atoms with Crippen molar-refractivity contribution in [1.82, 2.24) is 5.32 Å². The van der Waals surface area contributed by atoms with Crippen molar-refractivity contribution in [2.45, 2.75) is 13.8 Å². The number of urea groups is 1. The largest absolute Gasteiger partial charge is 0.396 e. The standard InChI is InChI=1S/C12H17ClN2O2/c1-12(2,8-16)7-14-11(17)15-10-5-3-4-9(13)6-10/h3-6,16H,7-8H2,1-2H3,(H2,14,15,17). The number of carbonyl (C=O) groups excluding carboxylic acids is 1. The minimum atomic E-state index is -0.328. The predicted octanol–water partition coefficient (Wildman–Crippen LogP) is 2.48. The average Bonchev–Trinajstić information content (AvgIpc) is 2.27. The van der Waals surface area contributed by atoms with Gasteiger partial charge in [-0.25, -0.2) is 4.79 Å². The summed E-state index contributed by atoms with van der Waals surface area (Å²) in [5.74, 6) is 0. The van der Waals surface area contributed by atoms with Crippen molar-refractivity contribution < 1.29 is 9.90 Å². The van der Waals surface area contributed by atoms with Gasteiger partial charge in [-0.05, 0) is 18.2 Å². The number of hydrogen-bond donors (Lipinski definition) is 3. The predicted molar refractivity (Wildman–Crippen MR) is 69.3 cm³/mol. The Labute approximate surface area is 106 Å². The molecule has 5 heteroatoms. The first-order valence-corrected chi connectivity index (χ1v) is 5.72. The van der Waals surface area contributed by atoms with Crippen molar-refractivity contribution in [3.8, 4) is 0 Å². The molecule has 94 valence electrons. The van der Waals surface area contributed by atoms with E-state index in [0.29, 0.717) is 17.3 Å². The highest BCUT2D eigenvalue weighted by molar-refractivity contribution is 6.30. The molecule has 0 aliphatic rings. The lowest BCUT2D eigenvalue weighted by Crippen LogP contribution is -2.38. The maximum absolute atomic E-state index is 11.5. The van der Waals surface area contributed by atoms with Crippen LogP contribution >= 0.6 is 11.6 Å². The van der Waals surface area contributed by atoms with Gasteiger partial charge in [0.25, 0.3) is 0 Å². The lowest BCUT2D eigenvalue weighted by Gasteiger charge is -2.21. The van der Waals surface area contributed by atoms with Crippen LogP contribution in [0.5, 0.6) is 0 Å². The number of aliphatic hydroxyl groups excluding tert-OH is 1. The van der Waals surface area contributed by atoms with Crippen LogP contribution in [0.25, 0.3) is 0 Å². The third kappa shape index (κ3) is 5.06. The second-order valence-corrected chi connectivity index (χ2v) is 5.08. The first-order valence-electron chi connectivity index (χ1n) is 5.34. The van der Waals surface area contributed by atoms with Gasteiger partial charge in [0.15, 0.2) is 0 Å². The molecule has 1 rings (SSSR count). The number of carbonyl (C=O) groups is 1. The molecule has 0 atom stereocenters. The molecule has 0 saturated carbocycles. The summed E-state index contributed by atoms with van der Waals surface area (Å²) < 4.78 is 0. The van der Waals surface area contributed by atoms with Crippen LogP contribution in [0.4, 0.5) is 10.5 Å². The molecule has 17 heavy (non-hydrogen) atoms. The Morgan fingerprint density at radius 2 is 2.18 bits per heavy atom. The highest BCUT2D eigenvalue weighted by Crippen LogP contribution is 2.15. The van der Waals surface area contributed by atoms with Crippen LogP contribution in [0.15, 0.2) is 24.3 Å². The Morgan fingerprint density at radius 1 is 1.47 bits per heavy atom. The van der Waals surface area contributed by atoms with Gasteiger partial charge in [0, 0.05) is 29.3 Å².